The van der Waals surface area contributed by atoms with E-state index in [-0.39, 0.29) is 0 Å². The third-order valence-corrected chi connectivity index (χ3v) is 6.88. The lowest BCUT2D eigenvalue weighted by molar-refractivity contribution is 0.112. The topological polar surface area (TPSA) is 15.3 Å². The van der Waals surface area contributed by atoms with Gasteiger partial charge in [-0.25, -0.2) is 0 Å². The number of benzene rings is 2. The Morgan fingerprint density at radius 2 is 1.67 bits per heavy atom. The predicted molar refractivity (Wildman–Crippen MR) is 114 cm³/mol. The second kappa shape index (κ2) is 8.16. The molecule has 0 saturated carbocycles. The van der Waals surface area contributed by atoms with Crippen LogP contribution in [-0.2, 0) is 19.4 Å². The number of rotatable bonds is 7. The molecule has 2 nitrogen and oxygen atoms in total. The van der Waals surface area contributed by atoms with Gasteiger partial charge >= 0.3 is 0 Å². The first-order valence-electron chi connectivity index (χ1n) is 10.8. The molecule has 2 aromatic carbocycles. The maximum absolute atomic E-state index is 3.89. The predicted octanol–water partition coefficient (Wildman–Crippen LogP) is 4.82. The van der Waals surface area contributed by atoms with Crippen LogP contribution in [0.3, 0.4) is 0 Å². The Bertz CT molecular complexity index is 716. The zero-order chi connectivity index (χ0) is 18.7. The van der Waals surface area contributed by atoms with Crippen LogP contribution >= 0.6 is 0 Å². The van der Waals surface area contributed by atoms with Gasteiger partial charge in [0.2, 0.25) is 0 Å². The molecule has 144 valence electrons. The molecule has 1 heterocycles. The molecule has 27 heavy (non-hydrogen) atoms. The van der Waals surface area contributed by atoms with E-state index >= 15 is 0 Å². The fraction of sp³-hybridized carbons (Fsp3) is 0.520. The van der Waals surface area contributed by atoms with E-state index in [1.807, 2.05) is 0 Å². The molecule has 1 fully saturated rings. The number of hydrogen-bond acceptors (Lipinski definition) is 2. The zero-order valence-electron chi connectivity index (χ0n) is 17.0. The largest absolute Gasteiger partial charge is 0.313 e. The van der Waals surface area contributed by atoms with Crippen LogP contribution in [0.15, 0.2) is 54.6 Å². The summed E-state index contributed by atoms with van der Waals surface area (Å²) < 4.78 is 0. The second-order valence-electron chi connectivity index (χ2n) is 8.83. The first-order chi connectivity index (χ1) is 13.2. The van der Waals surface area contributed by atoms with Crippen molar-refractivity contribution in [1.82, 2.24) is 10.2 Å². The molecule has 0 spiro atoms. The summed E-state index contributed by atoms with van der Waals surface area (Å²) in [5.74, 6) is 0.796. The van der Waals surface area contributed by atoms with E-state index in [9.17, 15) is 0 Å². The van der Waals surface area contributed by atoms with Gasteiger partial charge in [0.25, 0.3) is 0 Å². The maximum atomic E-state index is 3.89. The first-order valence-corrected chi connectivity index (χ1v) is 10.8. The first kappa shape index (κ1) is 18.7. The fourth-order valence-corrected chi connectivity index (χ4v) is 5.47. The molecule has 0 amide bonds. The average Bonchev–Trinajstić information content (AvgIpc) is 3.23. The molecule has 2 aliphatic rings. The number of hydrogen-bond donors (Lipinski definition) is 1. The van der Waals surface area contributed by atoms with Crippen LogP contribution in [0.25, 0.3) is 0 Å². The quantitative estimate of drug-likeness (QED) is 0.759. The smallest absolute Gasteiger partial charge is 0.0239 e. The molecule has 2 atom stereocenters. The Morgan fingerprint density at radius 1 is 1.00 bits per heavy atom. The summed E-state index contributed by atoms with van der Waals surface area (Å²) >= 11 is 0. The molecule has 4 rings (SSSR count). The highest BCUT2D eigenvalue weighted by Gasteiger charge is 2.42. The Kier molecular flexibility index (Phi) is 5.66. The molecule has 0 bridgehead atoms. The van der Waals surface area contributed by atoms with Crippen LogP contribution in [0.1, 0.15) is 49.8 Å². The molecule has 1 N–H and O–H groups in total. The summed E-state index contributed by atoms with van der Waals surface area (Å²) in [5.41, 5.74) is 4.89. The summed E-state index contributed by atoms with van der Waals surface area (Å²) in [6, 6.07) is 20.6. The van der Waals surface area contributed by atoms with Gasteiger partial charge in [0, 0.05) is 24.7 Å². The van der Waals surface area contributed by atoms with Crippen molar-refractivity contribution in [3.63, 3.8) is 0 Å². The molecule has 2 heteroatoms. The number of nitrogens with zero attached hydrogens (tertiary/aromatic N) is 1. The van der Waals surface area contributed by atoms with Crippen molar-refractivity contribution >= 4 is 0 Å². The van der Waals surface area contributed by atoms with Gasteiger partial charge in [-0.3, -0.25) is 4.90 Å². The fourth-order valence-electron chi connectivity index (χ4n) is 5.47. The van der Waals surface area contributed by atoms with E-state index < -0.39 is 0 Å². The van der Waals surface area contributed by atoms with Gasteiger partial charge in [0.15, 0.2) is 0 Å². The molecule has 1 aliphatic heterocycles. The van der Waals surface area contributed by atoms with Crippen molar-refractivity contribution in [3.05, 3.63) is 71.3 Å². The minimum atomic E-state index is 0.355. The summed E-state index contributed by atoms with van der Waals surface area (Å²) in [5, 5.41) is 3.89. The molecular formula is C25H34N2. The van der Waals surface area contributed by atoms with Crippen molar-refractivity contribution < 1.29 is 0 Å². The minimum Gasteiger partial charge on any atom is -0.313 e. The van der Waals surface area contributed by atoms with Crippen LogP contribution in [0.4, 0.5) is 0 Å². The highest BCUT2D eigenvalue weighted by molar-refractivity contribution is 5.33. The van der Waals surface area contributed by atoms with Crippen LogP contribution in [0, 0.1) is 5.92 Å². The Hall–Kier alpha value is -1.64. The molecule has 1 aliphatic carbocycles. The lowest BCUT2D eigenvalue weighted by atomic mass is 9.86. The van der Waals surface area contributed by atoms with E-state index in [0.29, 0.717) is 11.6 Å². The molecule has 1 saturated heterocycles. The van der Waals surface area contributed by atoms with Crippen molar-refractivity contribution in [2.75, 3.05) is 13.1 Å². The van der Waals surface area contributed by atoms with Crippen LogP contribution in [0.5, 0.6) is 0 Å². The van der Waals surface area contributed by atoms with Crippen molar-refractivity contribution in [2.24, 2.45) is 5.92 Å². The lowest BCUT2D eigenvalue weighted by Crippen LogP contribution is -2.46. The van der Waals surface area contributed by atoms with Crippen LogP contribution < -0.4 is 5.32 Å². The SMILES string of the molecule is CCC1(CCNC2Cc3ccccc3C2)CC(C)CN1Cc1ccccc1. The van der Waals surface area contributed by atoms with Crippen molar-refractivity contribution in [3.8, 4) is 0 Å². The van der Waals surface area contributed by atoms with Crippen LogP contribution in [-0.4, -0.2) is 29.6 Å². The van der Waals surface area contributed by atoms with Crippen molar-refractivity contribution in [1.29, 1.82) is 0 Å². The number of fused-ring (bicyclic) bond motifs is 1. The maximum Gasteiger partial charge on any atom is 0.0239 e. The highest BCUT2D eigenvalue weighted by atomic mass is 15.2. The Balaban J connectivity index is 1.36. The van der Waals surface area contributed by atoms with E-state index in [1.54, 1.807) is 11.1 Å². The van der Waals surface area contributed by atoms with Gasteiger partial charge in [0.1, 0.15) is 0 Å². The number of likely N-dealkylation sites (tertiary alicyclic amines) is 1. The standard InChI is InChI=1S/C25H34N2/c1-3-25(13-14-26-24-15-22-11-7-8-12-23(22)16-24)17-20(2)18-27(25)19-21-9-5-4-6-10-21/h4-12,20,24,26H,3,13-19H2,1-2H3. The highest BCUT2D eigenvalue weighted by Crippen LogP contribution is 2.39. The lowest BCUT2D eigenvalue weighted by Gasteiger charge is -2.38. The normalized spacial score (nSPS) is 25.8. The van der Waals surface area contributed by atoms with Gasteiger partial charge in [-0.05, 0) is 61.3 Å². The summed E-state index contributed by atoms with van der Waals surface area (Å²) in [7, 11) is 0. The molecule has 2 unspecified atom stereocenters. The summed E-state index contributed by atoms with van der Waals surface area (Å²) in [4.78, 5) is 2.78. The summed E-state index contributed by atoms with van der Waals surface area (Å²) in [6.07, 6.45) is 6.23. The number of nitrogens with one attached hydrogen (secondary N) is 1. The Labute approximate surface area is 165 Å². The molecule has 0 radical (unpaired) electrons. The third-order valence-electron chi connectivity index (χ3n) is 6.88. The van der Waals surface area contributed by atoms with E-state index in [2.05, 4.69) is 78.7 Å². The molecule has 0 aromatic heterocycles. The van der Waals surface area contributed by atoms with Gasteiger partial charge in [-0.1, -0.05) is 68.4 Å². The monoisotopic (exact) mass is 362 g/mol. The average molecular weight is 363 g/mol. The van der Waals surface area contributed by atoms with Gasteiger partial charge < -0.3 is 5.32 Å². The van der Waals surface area contributed by atoms with E-state index in [0.717, 1.165) is 19.0 Å². The van der Waals surface area contributed by atoms with E-state index in [1.165, 1.54) is 44.2 Å². The zero-order valence-corrected chi connectivity index (χ0v) is 17.0. The minimum absolute atomic E-state index is 0.355. The molecule has 2 aromatic rings. The van der Waals surface area contributed by atoms with Gasteiger partial charge in [0.05, 0.1) is 0 Å². The summed E-state index contributed by atoms with van der Waals surface area (Å²) in [6.45, 7) is 8.27. The third kappa shape index (κ3) is 4.12. The van der Waals surface area contributed by atoms with Crippen molar-refractivity contribution in [2.45, 2.75) is 64.1 Å². The molecular weight excluding hydrogens is 328 g/mol. The van der Waals surface area contributed by atoms with E-state index in [4.69, 9.17) is 0 Å². The van der Waals surface area contributed by atoms with Gasteiger partial charge in [-0.2, -0.15) is 0 Å². The van der Waals surface area contributed by atoms with Gasteiger partial charge in [-0.15, -0.1) is 0 Å². The Morgan fingerprint density at radius 3 is 2.33 bits per heavy atom. The second-order valence-corrected chi connectivity index (χ2v) is 8.83. The van der Waals surface area contributed by atoms with Crippen LogP contribution in [0.2, 0.25) is 0 Å².